The second kappa shape index (κ2) is 6.03. The highest BCUT2D eigenvalue weighted by atomic mass is 35.5. The van der Waals surface area contributed by atoms with Crippen LogP contribution in [-0.4, -0.2) is 26.1 Å². The van der Waals surface area contributed by atoms with Crippen LogP contribution in [0.2, 0.25) is 5.15 Å². The lowest BCUT2D eigenvalue weighted by Gasteiger charge is -2.03. The summed E-state index contributed by atoms with van der Waals surface area (Å²) in [7, 11) is 0. The number of hydrogen-bond acceptors (Lipinski definition) is 5. The van der Waals surface area contributed by atoms with E-state index in [1.165, 1.54) is 11.3 Å². The van der Waals surface area contributed by atoms with Crippen LogP contribution in [-0.2, 0) is 0 Å². The van der Waals surface area contributed by atoms with Gasteiger partial charge in [-0.25, -0.2) is 4.98 Å². The summed E-state index contributed by atoms with van der Waals surface area (Å²) in [4.78, 5) is 21.2. The lowest BCUT2D eigenvalue weighted by Crippen LogP contribution is -2.10. The molecule has 24 heavy (non-hydrogen) atoms. The average molecular weight is 356 g/mol. The van der Waals surface area contributed by atoms with Gasteiger partial charge in [-0.05, 0) is 30.3 Å². The number of H-pyrrole nitrogens is 1. The van der Waals surface area contributed by atoms with E-state index < -0.39 is 0 Å². The number of hydrogen-bond donors (Lipinski definition) is 2. The van der Waals surface area contributed by atoms with Crippen molar-refractivity contribution in [3.8, 4) is 10.6 Å². The number of aromatic nitrogens is 4. The Hall–Kier alpha value is -2.77. The van der Waals surface area contributed by atoms with Crippen LogP contribution < -0.4 is 5.32 Å². The van der Waals surface area contributed by atoms with Crippen molar-refractivity contribution in [1.29, 1.82) is 0 Å². The second-order valence-corrected chi connectivity index (χ2v) is 6.36. The predicted molar refractivity (Wildman–Crippen MR) is 94.4 cm³/mol. The van der Waals surface area contributed by atoms with Gasteiger partial charge in [-0.2, -0.15) is 5.10 Å². The molecule has 0 fully saturated rings. The van der Waals surface area contributed by atoms with Crippen LogP contribution in [0.3, 0.4) is 0 Å². The van der Waals surface area contributed by atoms with E-state index in [1.54, 1.807) is 24.7 Å². The normalized spacial score (nSPS) is 10.9. The largest absolute Gasteiger partial charge is 0.321 e. The third-order valence-electron chi connectivity index (χ3n) is 3.40. The fourth-order valence-electron chi connectivity index (χ4n) is 2.26. The molecule has 3 aromatic heterocycles. The van der Waals surface area contributed by atoms with E-state index in [9.17, 15) is 4.79 Å². The Bertz CT molecular complexity index is 1030. The molecule has 0 aliphatic heterocycles. The van der Waals surface area contributed by atoms with Gasteiger partial charge in [0, 0.05) is 29.0 Å². The summed E-state index contributed by atoms with van der Waals surface area (Å²) in [6.07, 6.45) is 5.06. The summed E-state index contributed by atoms with van der Waals surface area (Å²) < 4.78 is 0. The molecule has 0 aliphatic carbocycles. The number of amides is 1. The zero-order valence-electron chi connectivity index (χ0n) is 12.2. The van der Waals surface area contributed by atoms with Crippen molar-refractivity contribution in [3.05, 3.63) is 59.0 Å². The van der Waals surface area contributed by atoms with Crippen molar-refractivity contribution < 1.29 is 4.79 Å². The molecule has 4 aromatic rings. The van der Waals surface area contributed by atoms with Crippen molar-refractivity contribution in [2.45, 2.75) is 0 Å². The topological polar surface area (TPSA) is 83.6 Å². The lowest BCUT2D eigenvalue weighted by atomic mass is 10.2. The molecule has 0 bridgehead atoms. The van der Waals surface area contributed by atoms with Crippen molar-refractivity contribution in [1.82, 2.24) is 20.2 Å². The third-order valence-corrected chi connectivity index (χ3v) is 4.89. The number of anilines is 1. The number of halogens is 1. The van der Waals surface area contributed by atoms with Crippen molar-refractivity contribution >= 4 is 45.4 Å². The van der Waals surface area contributed by atoms with Gasteiger partial charge in [0.2, 0.25) is 0 Å². The molecule has 4 rings (SSSR count). The quantitative estimate of drug-likeness (QED) is 0.582. The summed E-state index contributed by atoms with van der Waals surface area (Å²) in [5.41, 5.74) is 2.40. The maximum atomic E-state index is 12.5. The van der Waals surface area contributed by atoms with E-state index in [2.05, 4.69) is 25.5 Å². The Morgan fingerprint density at radius 1 is 1.25 bits per heavy atom. The molecule has 0 unspecified atom stereocenters. The van der Waals surface area contributed by atoms with Gasteiger partial charge >= 0.3 is 0 Å². The number of thiazole rings is 1. The maximum Gasteiger partial charge on any atom is 0.268 e. The fraction of sp³-hybridized carbons (Fsp3) is 0. The van der Waals surface area contributed by atoms with Crippen LogP contribution in [0.25, 0.3) is 21.5 Å². The number of fused-ring (bicyclic) bond motifs is 1. The van der Waals surface area contributed by atoms with Crippen LogP contribution in [0.15, 0.2) is 48.9 Å². The standard InChI is InChI=1S/C16H10ClN5OS/c17-14-13(24-16(21-14)9-2-1-5-18-7-9)15(23)20-11-3-4-12-10(6-11)8-19-22-12/h1-8H,(H,19,22)(H,20,23). The molecule has 1 aromatic carbocycles. The maximum absolute atomic E-state index is 12.5. The van der Waals surface area contributed by atoms with Crippen LogP contribution in [0, 0.1) is 0 Å². The molecule has 0 saturated heterocycles. The summed E-state index contributed by atoms with van der Waals surface area (Å²) >= 11 is 7.37. The SMILES string of the molecule is O=C(Nc1ccc2[nH]ncc2c1)c1sc(-c2cccnc2)nc1Cl. The Morgan fingerprint density at radius 2 is 2.17 bits per heavy atom. The Morgan fingerprint density at radius 3 is 3.00 bits per heavy atom. The van der Waals surface area contributed by atoms with Gasteiger partial charge < -0.3 is 5.32 Å². The lowest BCUT2D eigenvalue weighted by molar-refractivity contribution is 0.103. The van der Waals surface area contributed by atoms with E-state index in [4.69, 9.17) is 11.6 Å². The molecule has 0 atom stereocenters. The number of nitrogens with one attached hydrogen (secondary N) is 2. The predicted octanol–water partition coefficient (Wildman–Crippen LogP) is 3.99. The molecule has 0 spiro atoms. The van der Waals surface area contributed by atoms with Gasteiger partial charge in [0.05, 0.1) is 11.7 Å². The smallest absolute Gasteiger partial charge is 0.268 e. The van der Waals surface area contributed by atoms with Crippen molar-refractivity contribution in [2.24, 2.45) is 0 Å². The Labute approximate surface area is 145 Å². The summed E-state index contributed by atoms with van der Waals surface area (Å²) in [5, 5.41) is 11.4. The first-order valence-corrected chi connectivity index (χ1v) is 8.21. The number of nitrogens with zero attached hydrogens (tertiary/aromatic N) is 3. The Kier molecular flexibility index (Phi) is 3.72. The molecule has 0 saturated carbocycles. The zero-order chi connectivity index (χ0) is 16.5. The van der Waals surface area contributed by atoms with E-state index >= 15 is 0 Å². The van der Waals surface area contributed by atoms with Gasteiger partial charge in [0.1, 0.15) is 9.88 Å². The van der Waals surface area contributed by atoms with Crippen LogP contribution >= 0.6 is 22.9 Å². The van der Waals surface area contributed by atoms with Crippen LogP contribution in [0.5, 0.6) is 0 Å². The fourth-order valence-corrected chi connectivity index (χ4v) is 3.44. The summed E-state index contributed by atoms with van der Waals surface area (Å²) in [6, 6.07) is 9.18. The molecule has 0 aliphatic rings. The average Bonchev–Trinajstić information content (AvgIpc) is 3.21. The van der Waals surface area contributed by atoms with E-state index in [-0.39, 0.29) is 11.1 Å². The number of carbonyl (C=O) groups excluding carboxylic acids is 1. The molecule has 3 heterocycles. The van der Waals surface area contributed by atoms with Crippen molar-refractivity contribution in [3.63, 3.8) is 0 Å². The first-order valence-electron chi connectivity index (χ1n) is 7.02. The van der Waals surface area contributed by atoms with Gasteiger partial charge in [-0.3, -0.25) is 14.9 Å². The molecule has 1 amide bonds. The second-order valence-electron chi connectivity index (χ2n) is 5.01. The van der Waals surface area contributed by atoms with Gasteiger partial charge in [0.15, 0.2) is 5.15 Å². The molecule has 0 radical (unpaired) electrons. The molecule has 6 nitrogen and oxygen atoms in total. The number of rotatable bonds is 3. The highest BCUT2D eigenvalue weighted by molar-refractivity contribution is 7.17. The summed E-state index contributed by atoms with van der Waals surface area (Å²) in [5.74, 6) is -0.296. The monoisotopic (exact) mass is 355 g/mol. The number of carbonyl (C=O) groups is 1. The highest BCUT2D eigenvalue weighted by Gasteiger charge is 2.18. The first kappa shape index (κ1) is 14.8. The van der Waals surface area contributed by atoms with E-state index in [1.807, 2.05) is 24.3 Å². The molecular weight excluding hydrogens is 346 g/mol. The number of aromatic amines is 1. The van der Waals surface area contributed by atoms with Gasteiger partial charge in [-0.1, -0.05) is 11.6 Å². The van der Waals surface area contributed by atoms with E-state index in [0.29, 0.717) is 15.6 Å². The minimum Gasteiger partial charge on any atom is -0.321 e. The Balaban J connectivity index is 1.61. The molecule has 118 valence electrons. The number of benzene rings is 1. The minimum atomic E-state index is -0.296. The van der Waals surface area contributed by atoms with Crippen LogP contribution in [0.1, 0.15) is 9.67 Å². The molecular formula is C16H10ClN5OS. The van der Waals surface area contributed by atoms with Crippen LogP contribution in [0.4, 0.5) is 5.69 Å². The van der Waals surface area contributed by atoms with Gasteiger partial charge in [-0.15, -0.1) is 11.3 Å². The minimum absolute atomic E-state index is 0.181. The van der Waals surface area contributed by atoms with Crippen molar-refractivity contribution in [2.75, 3.05) is 5.32 Å². The zero-order valence-corrected chi connectivity index (χ0v) is 13.7. The van der Waals surface area contributed by atoms with Gasteiger partial charge in [0.25, 0.3) is 5.91 Å². The molecule has 2 N–H and O–H groups in total. The highest BCUT2D eigenvalue weighted by Crippen LogP contribution is 2.31. The molecule has 8 heteroatoms. The van der Waals surface area contributed by atoms with E-state index in [0.717, 1.165) is 16.5 Å². The number of pyridine rings is 1. The first-order chi connectivity index (χ1) is 11.7. The third kappa shape index (κ3) is 2.75. The summed E-state index contributed by atoms with van der Waals surface area (Å²) in [6.45, 7) is 0.